The summed E-state index contributed by atoms with van der Waals surface area (Å²) in [5, 5.41) is 11.1. The van der Waals surface area contributed by atoms with Gasteiger partial charge in [0.15, 0.2) is 0 Å². The highest BCUT2D eigenvalue weighted by Crippen LogP contribution is 2.25. The van der Waals surface area contributed by atoms with Crippen LogP contribution in [0, 0.1) is 5.82 Å². The van der Waals surface area contributed by atoms with Gasteiger partial charge in [0, 0.05) is 7.05 Å². The van der Waals surface area contributed by atoms with Crippen LogP contribution in [0.2, 0.25) is 0 Å². The molecule has 1 unspecified atom stereocenters. The van der Waals surface area contributed by atoms with Crippen LogP contribution >= 0.6 is 0 Å². The molecule has 2 aromatic rings. The predicted molar refractivity (Wildman–Crippen MR) is 70.9 cm³/mol. The third kappa shape index (κ3) is 2.90. The fourth-order valence-electron chi connectivity index (χ4n) is 1.76. The number of nitrogens with one attached hydrogen (secondary N) is 1. The van der Waals surface area contributed by atoms with Crippen molar-refractivity contribution in [3.63, 3.8) is 0 Å². The number of para-hydroxylation sites is 1. The molecule has 0 radical (unpaired) electrons. The molecule has 1 N–H and O–H groups in total. The maximum Gasteiger partial charge on any atom is 0.322 e. The third-order valence-corrected chi connectivity index (χ3v) is 2.81. The van der Waals surface area contributed by atoms with Crippen molar-refractivity contribution in [1.29, 1.82) is 0 Å². The van der Waals surface area contributed by atoms with E-state index in [-0.39, 0.29) is 17.9 Å². The van der Waals surface area contributed by atoms with Crippen molar-refractivity contribution in [2.75, 3.05) is 18.5 Å². The molecule has 0 saturated carbocycles. The summed E-state index contributed by atoms with van der Waals surface area (Å²) in [6.45, 7) is 4.74. The molecule has 0 amide bonds. The molecule has 0 aliphatic rings. The lowest BCUT2D eigenvalue weighted by Crippen LogP contribution is -2.17. The molecular formula is C13H17FN4O. The molecule has 1 heterocycles. The number of nitrogens with zero attached hydrogens (tertiary/aromatic N) is 3. The van der Waals surface area contributed by atoms with Gasteiger partial charge in [0.05, 0.1) is 11.7 Å². The summed E-state index contributed by atoms with van der Waals surface area (Å²) in [4.78, 5) is 1.53. The maximum atomic E-state index is 13.7. The summed E-state index contributed by atoms with van der Waals surface area (Å²) in [5.74, 6) is 0.157. The number of benzene rings is 1. The second-order valence-electron chi connectivity index (χ2n) is 4.21. The van der Waals surface area contributed by atoms with Gasteiger partial charge in [0.2, 0.25) is 5.89 Å². The van der Waals surface area contributed by atoms with Crippen LogP contribution in [0.15, 0.2) is 28.7 Å². The zero-order valence-electron chi connectivity index (χ0n) is 11.2. The van der Waals surface area contributed by atoms with Crippen LogP contribution in [-0.2, 0) is 0 Å². The Balaban J connectivity index is 2.21. The molecule has 1 atom stereocenters. The van der Waals surface area contributed by atoms with Crippen LogP contribution in [0.5, 0.6) is 0 Å². The first-order valence-electron chi connectivity index (χ1n) is 6.18. The van der Waals surface area contributed by atoms with E-state index in [1.165, 1.54) is 11.0 Å². The lowest BCUT2D eigenvalue weighted by Gasteiger charge is -2.14. The van der Waals surface area contributed by atoms with E-state index in [0.29, 0.717) is 11.6 Å². The first-order chi connectivity index (χ1) is 9.13. The Morgan fingerprint density at radius 1 is 1.37 bits per heavy atom. The highest BCUT2D eigenvalue weighted by Gasteiger charge is 2.17. The van der Waals surface area contributed by atoms with Crippen molar-refractivity contribution >= 4 is 11.7 Å². The lowest BCUT2D eigenvalue weighted by molar-refractivity contribution is 0.425. The monoisotopic (exact) mass is 264 g/mol. The van der Waals surface area contributed by atoms with Crippen molar-refractivity contribution in [3.8, 4) is 0 Å². The van der Waals surface area contributed by atoms with E-state index in [0.717, 1.165) is 6.54 Å². The summed E-state index contributed by atoms with van der Waals surface area (Å²) >= 11 is 0. The Kier molecular flexibility index (Phi) is 4.11. The van der Waals surface area contributed by atoms with E-state index in [4.69, 9.17) is 4.42 Å². The third-order valence-electron chi connectivity index (χ3n) is 2.81. The average molecular weight is 264 g/mol. The van der Waals surface area contributed by atoms with Gasteiger partial charge in [0.1, 0.15) is 5.82 Å². The summed E-state index contributed by atoms with van der Waals surface area (Å²) in [6, 6.07) is 6.69. The Labute approximate surface area is 111 Å². The minimum Gasteiger partial charge on any atom is -0.406 e. The first-order valence-corrected chi connectivity index (χ1v) is 6.18. The van der Waals surface area contributed by atoms with E-state index in [9.17, 15) is 4.39 Å². The number of hydrogen-bond donors (Lipinski definition) is 1. The second kappa shape index (κ2) is 5.79. The Bertz CT molecular complexity index is 543. The van der Waals surface area contributed by atoms with Crippen LogP contribution in [0.1, 0.15) is 25.8 Å². The van der Waals surface area contributed by atoms with E-state index in [2.05, 4.69) is 15.5 Å². The van der Waals surface area contributed by atoms with Crippen molar-refractivity contribution in [2.24, 2.45) is 0 Å². The molecule has 0 spiro atoms. The highest BCUT2D eigenvalue weighted by molar-refractivity contribution is 5.55. The molecule has 0 fully saturated rings. The second-order valence-corrected chi connectivity index (χ2v) is 4.21. The molecule has 5 nitrogen and oxygen atoms in total. The topological polar surface area (TPSA) is 54.2 Å². The number of halogens is 1. The number of anilines is 2. The molecule has 0 aliphatic carbocycles. The summed E-state index contributed by atoms with van der Waals surface area (Å²) < 4.78 is 19.2. The van der Waals surface area contributed by atoms with Gasteiger partial charge in [-0.05, 0) is 25.6 Å². The molecule has 6 heteroatoms. The van der Waals surface area contributed by atoms with Crippen LogP contribution in [0.4, 0.5) is 16.1 Å². The normalized spacial score (nSPS) is 12.4. The Morgan fingerprint density at radius 2 is 2.11 bits per heavy atom. The predicted octanol–water partition coefficient (Wildman–Crippen LogP) is 2.65. The molecule has 2 rings (SSSR count). The molecule has 1 aromatic carbocycles. The standard InChI is InChI=1S/C13H17FN4O/c1-4-15-9(2)12-16-17-13(19-12)18(3)11-8-6-5-7-10(11)14/h5-9,15H,4H2,1-3H3. The maximum absolute atomic E-state index is 13.7. The van der Waals surface area contributed by atoms with Crippen LogP contribution in [0.3, 0.4) is 0 Å². The van der Waals surface area contributed by atoms with Gasteiger partial charge < -0.3 is 9.73 Å². The summed E-state index contributed by atoms with van der Waals surface area (Å²) in [6.07, 6.45) is 0. The lowest BCUT2D eigenvalue weighted by atomic mass is 10.3. The molecule has 0 aliphatic heterocycles. The van der Waals surface area contributed by atoms with E-state index < -0.39 is 0 Å². The highest BCUT2D eigenvalue weighted by atomic mass is 19.1. The average Bonchev–Trinajstić information content (AvgIpc) is 2.88. The van der Waals surface area contributed by atoms with Gasteiger partial charge in [-0.15, -0.1) is 5.10 Å². The summed E-state index contributed by atoms with van der Waals surface area (Å²) in [5.41, 5.74) is 0.397. The smallest absolute Gasteiger partial charge is 0.322 e. The minimum atomic E-state index is -0.329. The largest absolute Gasteiger partial charge is 0.406 e. The molecule has 19 heavy (non-hydrogen) atoms. The van der Waals surface area contributed by atoms with Crippen LogP contribution < -0.4 is 10.2 Å². The zero-order valence-corrected chi connectivity index (χ0v) is 11.2. The number of aromatic nitrogens is 2. The van der Waals surface area contributed by atoms with Gasteiger partial charge in [0.25, 0.3) is 0 Å². The van der Waals surface area contributed by atoms with Crippen molar-refractivity contribution < 1.29 is 8.81 Å². The number of rotatable bonds is 5. The fourth-order valence-corrected chi connectivity index (χ4v) is 1.76. The Morgan fingerprint density at radius 3 is 2.79 bits per heavy atom. The quantitative estimate of drug-likeness (QED) is 0.899. The van der Waals surface area contributed by atoms with Crippen LogP contribution in [-0.4, -0.2) is 23.8 Å². The molecule has 0 bridgehead atoms. The van der Waals surface area contributed by atoms with Gasteiger partial charge in [-0.3, -0.25) is 4.90 Å². The van der Waals surface area contributed by atoms with Crippen LogP contribution in [0.25, 0.3) is 0 Å². The molecule has 102 valence electrons. The molecule has 1 aromatic heterocycles. The first kappa shape index (κ1) is 13.5. The SMILES string of the molecule is CCNC(C)c1nnc(N(C)c2ccccc2F)o1. The van der Waals surface area contributed by atoms with E-state index >= 15 is 0 Å². The van der Waals surface area contributed by atoms with Crippen molar-refractivity contribution in [3.05, 3.63) is 36.0 Å². The Hall–Kier alpha value is -1.95. The molecule has 0 saturated heterocycles. The van der Waals surface area contributed by atoms with E-state index in [1.807, 2.05) is 13.8 Å². The zero-order chi connectivity index (χ0) is 13.8. The van der Waals surface area contributed by atoms with Gasteiger partial charge in [-0.25, -0.2) is 4.39 Å². The number of hydrogen-bond acceptors (Lipinski definition) is 5. The van der Waals surface area contributed by atoms with Gasteiger partial charge in [-0.1, -0.05) is 24.2 Å². The van der Waals surface area contributed by atoms with E-state index in [1.54, 1.807) is 25.2 Å². The fraction of sp³-hybridized carbons (Fsp3) is 0.385. The minimum absolute atomic E-state index is 0.0275. The molecular weight excluding hydrogens is 247 g/mol. The van der Waals surface area contributed by atoms with Crippen molar-refractivity contribution in [1.82, 2.24) is 15.5 Å². The van der Waals surface area contributed by atoms with Gasteiger partial charge in [-0.2, -0.15) is 0 Å². The summed E-state index contributed by atoms with van der Waals surface area (Å²) in [7, 11) is 1.69. The van der Waals surface area contributed by atoms with Crippen molar-refractivity contribution in [2.45, 2.75) is 19.9 Å². The van der Waals surface area contributed by atoms with Gasteiger partial charge >= 0.3 is 6.01 Å².